The Balaban J connectivity index is 2.54. The van der Waals surface area contributed by atoms with Crippen LogP contribution in [0.25, 0.3) is 10.9 Å². The Morgan fingerprint density at radius 3 is 2.70 bits per heavy atom. The number of ether oxygens (including phenoxy) is 1. The average molecular weight is 412 g/mol. The molecule has 1 aromatic heterocycles. The molecule has 0 bridgehead atoms. The number of phenols is 1. The number of hydrogen-bond donors (Lipinski definition) is 1. The lowest BCUT2D eigenvalue weighted by Gasteiger charge is -2.13. The van der Waals surface area contributed by atoms with Crippen LogP contribution in [-0.4, -0.2) is 33.2 Å². The van der Waals surface area contributed by atoms with E-state index < -0.39 is 0 Å². The van der Waals surface area contributed by atoms with Crippen molar-refractivity contribution in [1.29, 1.82) is 0 Å². The molecule has 0 radical (unpaired) electrons. The zero-order valence-corrected chi connectivity index (χ0v) is 18.7. The SMILES string of the molecule is C=C(COC(C)=O)/N=C(\C=C(C)C)c1nn(C(C)CCCCC)c2ccc(O)cc12. The quantitative estimate of drug-likeness (QED) is 0.308. The first-order valence-corrected chi connectivity index (χ1v) is 10.5. The molecule has 0 aliphatic carbocycles. The van der Waals surface area contributed by atoms with Crippen molar-refractivity contribution in [3.8, 4) is 5.75 Å². The van der Waals surface area contributed by atoms with Gasteiger partial charge in [0.1, 0.15) is 18.1 Å². The maximum atomic E-state index is 11.1. The molecule has 0 aliphatic heterocycles. The molecule has 1 atom stereocenters. The van der Waals surface area contributed by atoms with Gasteiger partial charge in [0.25, 0.3) is 0 Å². The van der Waals surface area contributed by atoms with Crippen molar-refractivity contribution < 1.29 is 14.6 Å². The topological polar surface area (TPSA) is 76.7 Å². The number of allylic oxidation sites excluding steroid dienone is 2. The normalized spacial score (nSPS) is 12.6. The summed E-state index contributed by atoms with van der Waals surface area (Å²) in [6.07, 6.45) is 6.46. The molecular formula is C24H33N3O3. The maximum Gasteiger partial charge on any atom is 0.303 e. The van der Waals surface area contributed by atoms with Crippen LogP contribution >= 0.6 is 0 Å². The molecule has 0 spiro atoms. The van der Waals surface area contributed by atoms with Gasteiger partial charge in [-0.1, -0.05) is 38.3 Å². The summed E-state index contributed by atoms with van der Waals surface area (Å²) in [5, 5.41) is 15.8. The van der Waals surface area contributed by atoms with Crippen molar-refractivity contribution in [2.24, 2.45) is 4.99 Å². The first-order chi connectivity index (χ1) is 14.2. The number of benzene rings is 1. The molecule has 0 saturated heterocycles. The molecule has 0 saturated carbocycles. The van der Waals surface area contributed by atoms with E-state index in [2.05, 4.69) is 25.4 Å². The number of carbonyl (C=O) groups excluding carboxylic acids is 1. The predicted octanol–water partition coefficient (Wildman–Crippen LogP) is 5.72. The number of aliphatic imine (C=N–C) groups is 1. The Morgan fingerprint density at radius 2 is 2.07 bits per heavy atom. The van der Waals surface area contributed by atoms with Crippen molar-refractivity contribution in [1.82, 2.24) is 9.78 Å². The third-order valence-electron chi connectivity index (χ3n) is 4.72. The molecule has 1 unspecified atom stereocenters. The first-order valence-electron chi connectivity index (χ1n) is 10.5. The Hall–Kier alpha value is -2.89. The van der Waals surface area contributed by atoms with Crippen LogP contribution in [0.1, 0.15) is 72.0 Å². The van der Waals surface area contributed by atoms with Crippen LogP contribution in [0.4, 0.5) is 0 Å². The molecule has 1 N–H and O–H groups in total. The number of esters is 1. The van der Waals surface area contributed by atoms with E-state index in [1.807, 2.05) is 30.7 Å². The average Bonchev–Trinajstić information content (AvgIpc) is 3.04. The van der Waals surface area contributed by atoms with Crippen molar-refractivity contribution in [2.75, 3.05) is 6.61 Å². The maximum absolute atomic E-state index is 11.1. The Morgan fingerprint density at radius 1 is 1.33 bits per heavy atom. The number of phenolic OH excluding ortho intramolecular Hbond substituents is 1. The highest BCUT2D eigenvalue weighted by atomic mass is 16.5. The van der Waals surface area contributed by atoms with Gasteiger partial charge < -0.3 is 9.84 Å². The van der Waals surface area contributed by atoms with Crippen molar-refractivity contribution >= 4 is 22.6 Å². The minimum Gasteiger partial charge on any atom is -0.508 e. The van der Waals surface area contributed by atoms with Crippen LogP contribution in [0, 0.1) is 0 Å². The Bertz CT molecular complexity index is 965. The first kappa shape index (κ1) is 23.4. The van der Waals surface area contributed by atoms with Crippen LogP contribution < -0.4 is 0 Å². The summed E-state index contributed by atoms with van der Waals surface area (Å²) >= 11 is 0. The van der Waals surface area contributed by atoms with Crippen LogP contribution in [0.2, 0.25) is 0 Å². The van der Waals surface area contributed by atoms with E-state index in [9.17, 15) is 9.90 Å². The highest BCUT2D eigenvalue weighted by Gasteiger charge is 2.18. The van der Waals surface area contributed by atoms with Crippen molar-refractivity contribution in [3.63, 3.8) is 0 Å². The lowest BCUT2D eigenvalue weighted by molar-refractivity contribution is -0.139. The molecule has 0 aliphatic rings. The van der Waals surface area contributed by atoms with Gasteiger partial charge in [0.05, 0.1) is 16.9 Å². The zero-order valence-electron chi connectivity index (χ0n) is 18.7. The lowest BCUT2D eigenvalue weighted by atomic mass is 10.1. The zero-order chi connectivity index (χ0) is 22.3. The largest absolute Gasteiger partial charge is 0.508 e. The van der Waals surface area contributed by atoms with Gasteiger partial charge >= 0.3 is 5.97 Å². The summed E-state index contributed by atoms with van der Waals surface area (Å²) < 4.78 is 7.04. The van der Waals surface area contributed by atoms with E-state index in [4.69, 9.17) is 9.84 Å². The lowest BCUT2D eigenvalue weighted by Crippen LogP contribution is -2.09. The third-order valence-corrected chi connectivity index (χ3v) is 4.72. The number of aromatic nitrogens is 2. The highest BCUT2D eigenvalue weighted by Crippen LogP contribution is 2.28. The molecule has 6 heteroatoms. The highest BCUT2D eigenvalue weighted by molar-refractivity contribution is 6.15. The number of fused-ring (bicyclic) bond motifs is 1. The molecule has 2 aromatic rings. The van der Waals surface area contributed by atoms with Crippen LogP contribution in [0.5, 0.6) is 5.75 Å². The van der Waals surface area contributed by atoms with E-state index >= 15 is 0 Å². The molecule has 1 heterocycles. The van der Waals surface area contributed by atoms with Gasteiger partial charge in [0.15, 0.2) is 0 Å². The summed E-state index contributed by atoms with van der Waals surface area (Å²) in [7, 11) is 0. The smallest absolute Gasteiger partial charge is 0.303 e. The summed E-state index contributed by atoms with van der Waals surface area (Å²) in [4.78, 5) is 15.7. The van der Waals surface area contributed by atoms with Gasteiger partial charge in [0, 0.05) is 18.4 Å². The number of unbranched alkanes of at least 4 members (excludes halogenated alkanes) is 2. The molecule has 2 rings (SSSR count). The fourth-order valence-corrected chi connectivity index (χ4v) is 3.28. The molecule has 6 nitrogen and oxygen atoms in total. The van der Waals surface area contributed by atoms with E-state index in [0.717, 1.165) is 29.3 Å². The summed E-state index contributed by atoms with van der Waals surface area (Å²) in [5.74, 6) is -0.201. The van der Waals surface area contributed by atoms with Gasteiger partial charge in [0.2, 0.25) is 0 Å². The van der Waals surface area contributed by atoms with E-state index in [1.165, 1.54) is 19.8 Å². The van der Waals surface area contributed by atoms with Crippen LogP contribution in [0.15, 0.2) is 47.1 Å². The van der Waals surface area contributed by atoms with Crippen LogP contribution in [-0.2, 0) is 9.53 Å². The van der Waals surface area contributed by atoms with Crippen molar-refractivity contribution in [2.45, 2.75) is 66.3 Å². The molecule has 162 valence electrons. The second-order valence-corrected chi connectivity index (χ2v) is 7.90. The van der Waals surface area contributed by atoms with E-state index in [1.54, 1.807) is 12.1 Å². The monoisotopic (exact) mass is 411 g/mol. The standard InChI is InChI=1S/C24H33N3O3/c1-7-8-9-10-18(5)27-23-12-11-20(29)14-21(23)24(26-27)22(13-16(2)3)25-17(4)15-30-19(6)28/h11-14,18,29H,4,7-10,15H2,1-3,5-6H3/b25-22+. The number of aromatic hydroxyl groups is 1. The van der Waals surface area contributed by atoms with Gasteiger partial charge in [-0.25, -0.2) is 4.99 Å². The molecule has 30 heavy (non-hydrogen) atoms. The molecule has 0 fully saturated rings. The Kier molecular flexibility index (Phi) is 8.39. The fraction of sp³-hybridized carbons (Fsp3) is 0.458. The van der Waals surface area contributed by atoms with Gasteiger partial charge in [-0.15, -0.1) is 0 Å². The van der Waals surface area contributed by atoms with Gasteiger partial charge in [-0.2, -0.15) is 5.10 Å². The minimum absolute atomic E-state index is 0.0206. The second kappa shape index (κ2) is 10.8. The molecule has 0 amide bonds. The van der Waals surface area contributed by atoms with Gasteiger partial charge in [-0.05, 0) is 51.5 Å². The second-order valence-electron chi connectivity index (χ2n) is 7.90. The Labute approximate surface area is 179 Å². The number of hydrogen-bond acceptors (Lipinski definition) is 5. The summed E-state index contributed by atoms with van der Waals surface area (Å²) in [6, 6.07) is 5.51. The number of rotatable bonds is 10. The minimum atomic E-state index is -0.379. The van der Waals surface area contributed by atoms with Crippen molar-refractivity contribution in [3.05, 3.63) is 47.8 Å². The summed E-state index contributed by atoms with van der Waals surface area (Å²) in [6.45, 7) is 13.6. The molecular weight excluding hydrogens is 378 g/mol. The number of nitrogens with zero attached hydrogens (tertiary/aromatic N) is 3. The van der Waals surface area contributed by atoms with Gasteiger partial charge in [-0.3, -0.25) is 9.48 Å². The fourth-order valence-electron chi connectivity index (χ4n) is 3.28. The number of carbonyl (C=O) groups is 1. The molecule has 1 aromatic carbocycles. The van der Waals surface area contributed by atoms with E-state index in [-0.39, 0.29) is 24.4 Å². The predicted molar refractivity (Wildman–Crippen MR) is 122 cm³/mol. The van der Waals surface area contributed by atoms with Crippen LogP contribution in [0.3, 0.4) is 0 Å². The third kappa shape index (κ3) is 6.31. The summed E-state index contributed by atoms with van der Waals surface area (Å²) in [5.41, 5.74) is 3.73. The van der Waals surface area contributed by atoms with E-state index in [0.29, 0.717) is 17.1 Å².